The Bertz CT molecular complexity index is 1490. The van der Waals surface area contributed by atoms with Gasteiger partial charge in [-0.25, -0.2) is 13.4 Å². The standard InChI is InChI=1S/C20H18F3N5O5S/c1-26-16-11(10-24-19(25-16)34(3,31)32)9-13(17(26)29)27-7-8-28(18(30)20(21,22)23)15-12(27)5-4-6-14(15)33-2/h4-6,9-10H,7-8H2,1-3H3. The van der Waals surface area contributed by atoms with Crippen molar-refractivity contribution in [3.8, 4) is 5.75 Å². The van der Waals surface area contributed by atoms with E-state index in [0.717, 1.165) is 10.8 Å². The predicted octanol–water partition coefficient (Wildman–Crippen LogP) is 1.79. The molecule has 0 radical (unpaired) electrons. The summed E-state index contributed by atoms with van der Waals surface area (Å²) in [6.07, 6.45) is -2.92. The molecule has 2 aromatic heterocycles. The summed E-state index contributed by atoms with van der Waals surface area (Å²) in [6.45, 7) is -0.485. The molecular weight excluding hydrogens is 479 g/mol. The first kappa shape index (κ1) is 23.5. The molecule has 34 heavy (non-hydrogen) atoms. The van der Waals surface area contributed by atoms with Gasteiger partial charge >= 0.3 is 12.1 Å². The van der Waals surface area contributed by atoms with Crippen LogP contribution in [0.25, 0.3) is 11.0 Å². The van der Waals surface area contributed by atoms with Crippen LogP contribution in [0, 0.1) is 0 Å². The number of para-hydroxylation sites is 1. The highest BCUT2D eigenvalue weighted by Crippen LogP contribution is 2.44. The van der Waals surface area contributed by atoms with E-state index in [1.54, 1.807) is 0 Å². The second-order valence-electron chi connectivity index (χ2n) is 7.53. The second-order valence-corrected chi connectivity index (χ2v) is 9.44. The molecule has 1 aliphatic heterocycles. The van der Waals surface area contributed by atoms with Crippen molar-refractivity contribution >= 4 is 43.8 Å². The summed E-state index contributed by atoms with van der Waals surface area (Å²) in [4.78, 5) is 35.2. The maximum absolute atomic E-state index is 13.2. The molecule has 0 atom stereocenters. The lowest BCUT2D eigenvalue weighted by Gasteiger charge is -2.38. The minimum atomic E-state index is -5.10. The van der Waals surface area contributed by atoms with Crippen LogP contribution in [-0.4, -0.2) is 61.5 Å². The molecular formula is C20H18F3N5O5S. The molecule has 1 aliphatic rings. The van der Waals surface area contributed by atoms with Gasteiger partial charge in [0.15, 0.2) is 0 Å². The van der Waals surface area contributed by atoms with E-state index < -0.39 is 32.6 Å². The van der Waals surface area contributed by atoms with Crippen LogP contribution in [0.4, 0.5) is 30.2 Å². The second kappa shape index (κ2) is 7.97. The van der Waals surface area contributed by atoms with Crippen molar-refractivity contribution in [1.82, 2.24) is 14.5 Å². The van der Waals surface area contributed by atoms with Gasteiger partial charge in [-0.3, -0.25) is 19.1 Å². The normalized spacial score (nSPS) is 14.3. The van der Waals surface area contributed by atoms with E-state index in [1.807, 2.05) is 0 Å². The largest absolute Gasteiger partial charge is 0.494 e. The van der Waals surface area contributed by atoms with Crippen LogP contribution in [0.15, 0.2) is 40.4 Å². The molecule has 1 amide bonds. The maximum atomic E-state index is 13.2. The van der Waals surface area contributed by atoms with E-state index in [2.05, 4.69) is 9.97 Å². The summed E-state index contributed by atoms with van der Waals surface area (Å²) in [5, 5.41) is -0.111. The van der Waals surface area contributed by atoms with Crippen LogP contribution < -0.4 is 20.1 Å². The quantitative estimate of drug-likeness (QED) is 0.503. The predicted molar refractivity (Wildman–Crippen MR) is 116 cm³/mol. The summed E-state index contributed by atoms with van der Waals surface area (Å²) in [5.41, 5.74) is -0.381. The summed E-state index contributed by atoms with van der Waals surface area (Å²) in [7, 11) is -1.07. The number of alkyl halides is 3. The summed E-state index contributed by atoms with van der Waals surface area (Å²) >= 11 is 0. The SMILES string of the molecule is COc1cccc2c1N(C(=O)C(F)(F)F)CCN2c1cc2cnc(S(C)(=O)=O)nc2n(C)c1=O. The van der Waals surface area contributed by atoms with Crippen LogP contribution in [0.3, 0.4) is 0 Å². The Morgan fingerprint density at radius 2 is 1.88 bits per heavy atom. The Morgan fingerprint density at radius 3 is 2.50 bits per heavy atom. The highest BCUT2D eigenvalue weighted by molar-refractivity contribution is 7.90. The molecule has 10 nitrogen and oxygen atoms in total. The molecule has 0 bridgehead atoms. The van der Waals surface area contributed by atoms with Crippen molar-refractivity contribution in [2.75, 3.05) is 36.3 Å². The third-order valence-electron chi connectivity index (χ3n) is 5.32. The minimum Gasteiger partial charge on any atom is -0.494 e. The molecule has 0 saturated carbocycles. The Labute approximate surface area is 191 Å². The number of aryl methyl sites for hydroxylation is 1. The third kappa shape index (κ3) is 3.83. The van der Waals surface area contributed by atoms with Crippen LogP contribution >= 0.6 is 0 Å². The van der Waals surface area contributed by atoms with Gasteiger partial charge in [-0.2, -0.15) is 18.2 Å². The number of nitrogens with zero attached hydrogens (tertiary/aromatic N) is 5. The number of pyridine rings is 1. The van der Waals surface area contributed by atoms with Crippen LogP contribution in [0.1, 0.15) is 0 Å². The van der Waals surface area contributed by atoms with Gasteiger partial charge in [0, 0.05) is 38.0 Å². The first-order valence-electron chi connectivity index (χ1n) is 9.74. The Hall–Kier alpha value is -3.68. The molecule has 4 rings (SSSR count). The van der Waals surface area contributed by atoms with Crippen LogP contribution in [0.2, 0.25) is 0 Å². The zero-order valence-corrected chi connectivity index (χ0v) is 18.9. The Morgan fingerprint density at radius 1 is 1.18 bits per heavy atom. The van der Waals surface area contributed by atoms with Gasteiger partial charge in [0.25, 0.3) is 5.56 Å². The number of carbonyl (C=O) groups is 1. The Balaban J connectivity index is 1.92. The van der Waals surface area contributed by atoms with Gasteiger partial charge in [0.05, 0.1) is 12.8 Å². The van der Waals surface area contributed by atoms with E-state index in [-0.39, 0.29) is 41.5 Å². The first-order valence-corrected chi connectivity index (χ1v) is 11.6. The van der Waals surface area contributed by atoms with Gasteiger partial charge in [-0.1, -0.05) is 6.07 Å². The molecule has 0 aliphatic carbocycles. The molecule has 0 fully saturated rings. The molecule has 180 valence electrons. The summed E-state index contributed by atoms with van der Waals surface area (Å²) in [5.74, 6) is -2.02. The molecule has 0 unspecified atom stereocenters. The molecule has 0 saturated heterocycles. The number of hydrogen-bond donors (Lipinski definition) is 0. The molecule has 3 aromatic rings. The lowest BCUT2D eigenvalue weighted by molar-refractivity contribution is -0.170. The van der Waals surface area contributed by atoms with E-state index in [9.17, 15) is 31.2 Å². The number of benzene rings is 1. The average molecular weight is 497 g/mol. The number of methoxy groups -OCH3 is 1. The minimum absolute atomic E-state index is 0.0264. The van der Waals surface area contributed by atoms with Gasteiger partial charge in [-0.15, -0.1) is 0 Å². The molecule has 1 aromatic carbocycles. The highest BCUT2D eigenvalue weighted by atomic mass is 32.2. The monoisotopic (exact) mass is 497 g/mol. The van der Waals surface area contributed by atoms with Crippen molar-refractivity contribution in [3.05, 3.63) is 40.8 Å². The fraction of sp³-hybridized carbons (Fsp3) is 0.300. The number of fused-ring (bicyclic) bond motifs is 2. The van der Waals surface area contributed by atoms with E-state index in [1.165, 1.54) is 49.5 Å². The number of anilines is 3. The summed E-state index contributed by atoms with van der Waals surface area (Å²) < 4.78 is 69.6. The molecule has 0 spiro atoms. The number of hydrogen-bond acceptors (Lipinski definition) is 8. The lowest BCUT2D eigenvalue weighted by atomic mass is 10.1. The topological polar surface area (TPSA) is 115 Å². The van der Waals surface area contributed by atoms with Crippen molar-refractivity contribution in [2.24, 2.45) is 7.05 Å². The smallest absolute Gasteiger partial charge is 0.471 e. The van der Waals surface area contributed by atoms with Crippen molar-refractivity contribution < 1.29 is 31.1 Å². The number of carbonyl (C=O) groups excluding carboxylic acids is 1. The zero-order chi connectivity index (χ0) is 25.0. The van der Waals surface area contributed by atoms with E-state index in [0.29, 0.717) is 10.3 Å². The number of rotatable bonds is 3. The lowest BCUT2D eigenvalue weighted by Crippen LogP contribution is -2.48. The average Bonchev–Trinajstić information content (AvgIpc) is 2.78. The Kier molecular flexibility index (Phi) is 5.50. The zero-order valence-electron chi connectivity index (χ0n) is 18.1. The first-order chi connectivity index (χ1) is 15.8. The van der Waals surface area contributed by atoms with Crippen molar-refractivity contribution in [2.45, 2.75) is 11.3 Å². The third-order valence-corrected chi connectivity index (χ3v) is 6.18. The summed E-state index contributed by atoms with van der Waals surface area (Å²) in [6, 6.07) is 5.84. The van der Waals surface area contributed by atoms with Gasteiger partial charge in [-0.05, 0) is 18.2 Å². The fourth-order valence-electron chi connectivity index (χ4n) is 3.79. The number of halogens is 3. The molecule has 0 N–H and O–H groups in total. The van der Waals surface area contributed by atoms with E-state index >= 15 is 0 Å². The van der Waals surface area contributed by atoms with Gasteiger partial charge in [0.2, 0.25) is 15.0 Å². The van der Waals surface area contributed by atoms with Gasteiger partial charge < -0.3 is 9.64 Å². The van der Waals surface area contributed by atoms with Crippen LogP contribution in [0.5, 0.6) is 5.75 Å². The maximum Gasteiger partial charge on any atom is 0.471 e. The number of aromatic nitrogens is 3. The number of amides is 1. The highest BCUT2D eigenvalue weighted by Gasteiger charge is 2.46. The van der Waals surface area contributed by atoms with Crippen LogP contribution in [-0.2, 0) is 21.7 Å². The molecule has 3 heterocycles. The van der Waals surface area contributed by atoms with E-state index in [4.69, 9.17) is 4.74 Å². The number of sulfone groups is 1. The fourth-order valence-corrected chi connectivity index (χ4v) is 4.29. The van der Waals surface area contributed by atoms with Crippen molar-refractivity contribution in [1.29, 1.82) is 0 Å². The van der Waals surface area contributed by atoms with Gasteiger partial charge in [0.1, 0.15) is 22.8 Å². The number of ether oxygens (including phenoxy) is 1. The van der Waals surface area contributed by atoms with Crippen molar-refractivity contribution in [3.63, 3.8) is 0 Å². The molecule has 14 heteroatoms.